The van der Waals surface area contributed by atoms with Gasteiger partial charge in [-0.05, 0) is 84.8 Å². The molecule has 1 aliphatic carbocycles. The van der Waals surface area contributed by atoms with E-state index < -0.39 is 5.91 Å². The van der Waals surface area contributed by atoms with Crippen LogP contribution in [-0.4, -0.2) is 11.0 Å². The van der Waals surface area contributed by atoms with Gasteiger partial charge in [-0.15, -0.1) is 11.3 Å². The first-order valence-corrected chi connectivity index (χ1v) is 13.4. The minimum atomic E-state index is -0.413. The average molecular weight is 559 g/mol. The number of carbonyl (C=O) groups is 1. The van der Waals surface area contributed by atoms with Crippen molar-refractivity contribution in [1.82, 2.24) is 5.32 Å². The third kappa shape index (κ3) is 6.19. The molecule has 4 rings (SSSR count). The highest BCUT2D eigenvalue weighted by Gasteiger charge is 2.32. The van der Waals surface area contributed by atoms with Crippen LogP contribution >= 0.6 is 46.8 Å². The number of halogens is 2. The van der Waals surface area contributed by atoms with E-state index in [1.165, 1.54) is 11.0 Å². The number of hydrogen-bond donors (Lipinski definition) is 2. The maximum Gasteiger partial charge on any atom is 0.250 e. The molecular weight excluding hydrogens is 533 g/mol. The van der Waals surface area contributed by atoms with Crippen molar-refractivity contribution in [1.29, 1.82) is 5.26 Å². The van der Waals surface area contributed by atoms with Gasteiger partial charge in [-0.25, -0.2) is 0 Å². The van der Waals surface area contributed by atoms with Crippen molar-refractivity contribution in [3.63, 3.8) is 0 Å². The van der Waals surface area contributed by atoms with Gasteiger partial charge < -0.3 is 9.73 Å². The fourth-order valence-electron chi connectivity index (χ4n) is 4.27. The van der Waals surface area contributed by atoms with Gasteiger partial charge in [0.25, 0.3) is 0 Å². The molecule has 3 aromatic rings. The number of thiocarbonyl (C=S) groups is 1. The lowest BCUT2D eigenvalue weighted by Gasteiger charge is -2.33. The average Bonchev–Trinajstić information content (AvgIpc) is 3.40. The van der Waals surface area contributed by atoms with Gasteiger partial charge in [0.15, 0.2) is 5.11 Å². The van der Waals surface area contributed by atoms with Crippen molar-refractivity contribution < 1.29 is 9.21 Å². The minimum absolute atomic E-state index is 0.140. The van der Waals surface area contributed by atoms with E-state index in [1.54, 1.807) is 47.7 Å². The maximum atomic E-state index is 12.4. The number of benzene rings is 1. The van der Waals surface area contributed by atoms with Crippen LogP contribution in [0.5, 0.6) is 0 Å². The number of fused-ring (bicyclic) bond motifs is 1. The van der Waals surface area contributed by atoms with E-state index in [0.29, 0.717) is 38.0 Å². The Balaban J connectivity index is 1.38. The number of hydrogen-bond acceptors (Lipinski definition) is 5. The van der Waals surface area contributed by atoms with Crippen molar-refractivity contribution in [3.05, 3.63) is 68.2 Å². The molecule has 0 saturated carbocycles. The second-order valence-corrected chi connectivity index (χ2v) is 12.1. The second-order valence-electron chi connectivity index (χ2n) is 9.76. The summed E-state index contributed by atoms with van der Waals surface area (Å²) in [6.07, 6.45) is 5.78. The fourth-order valence-corrected chi connectivity index (χ4v) is 6.35. The molecule has 0 fully saturated rings. The third-order valence-corrected chi connectivity index (χ3v) is 8.05. The summed E-state index contributed by atoms with van der Waals surface area (Å²) in [4.78, 5) is 13.6. The lowest BCUT2D eigenvalue weighted by molar-refractivity contribution is -0.115. The highest BCUT2D eigenvalue weighted by molar-refractivity contribution is 7.80. The Morgan fingerprint density at radius 1 is 1.25 bits per heavy atom. The van der Waals surface area contributed by atoms with Gasteiger partial charge in [0.2, 0.25) is 5.91 Å². The smallest absolute Gasteiger partial charge is 0.250 e. The maximum absolute atomic E-state index is 12.4. The summed E-state index contributed by atoms with van der Waals surface area (Å²) in [5.41, 5.74) is 2.68. The number of nitrogens with zero attached hydrogens (tertiary/aromatic N) is 1. The monoisotopic (exact) mass is 557 g/mol. The molecule has 2 aromatic heterocycles. The zero-order valence-corrected chi connectivity index (χ0v) is 23.2. The molecule has 1 atom stereocenters. The first-order chi connectivity index (χ1) is 17.0. The van der Waals surface area contributed by atoms with Crippen LogP contribution in [-0.2, 0) is 17.6 Å². The van der Waals surface area contributed by atoms with Crippen LogP contribution in [0, 0.1) is 22.7 Å². The first-order valence-electron chi connectivity index (χ1n) is 11.4. The fraction of sp³-hybridized carbons (Fsp3) is 0.296. The van der Waals surface area contributed by atoms with Crippen LogP contribution in [0.1, 0.15) is 49.0 Å². The quantitative estimate of drug-likeness (QED) is 0.252. The summed E-state index contributed by atoms with van der Waals surface area (Å²) < 4.78 is 5.77. The van der Waals surface area contributed by atoms with Crippen LogP contribution < -0.4 is 10.6 Å². The molecular formula is C27H25Cl2N3O2S2. The van der Waals surface area contributed by atoms with Gasteiger partial charge in [-0.1, -0.05) is 44.0 Å². The number of rotatable bonds is 4. The molecule has 2 N–H and O–H groups in total. The van der Waals surface area contributed by atoms with Crippen molar-refractivity contribution in [2.45, 2.75) is 40.0 Å². The van der Waals surface area contributed by atoms with Crippen LogP contribution in [0.25, 0.3) is 17.4 Å². The van der Waals surface area contributed by atoms with Crippen molar-refractivity contribution in [2.24, 2.45) is 11.3 Å². The highest BCUT2D eigenvalue weighted by Crippen LogP contribution is 2.44. The molecule has 2 heterocycles. The number of amides is 1. The summed E-state index contributed by atoms with van der Waals surface area (Å²) in [5, 5.41) is 17.3. The second kappa shape index (κ2) is 10.8. The standard InChI is InChI=1S/C27H25Cl2N3O2S2/c1-27(2,3)16-4-7-20-21(14-30)25(36-23(20)12-16)32-26(35)31-24(33)9-6-19-5-8-22(34-19)15-10-17(28)13-18(29)11-15/h5-6,8-11,13,16H,4,7,12H2,1-3H3,(H2,31,32,33,35)/b9-6+/t16-/m0/s1. The molecule has 0 unspecified atom stereocenters. The normalized spacial score (nSPS) is 15.4. The molecule has 9 heteroatoms. The number of nitriles is 1. The summed E-state index contributed by atoms with van der Waals surface area (Å²) in [5.74, 6) is 1.22. The Hall–Kier alpha value is -2.63. The van der Waals surface area contributed by atoms with Crippen molar-refractivity contribution >= 4 is 68.9 Å². The largest absolute Gasteiger partial charge is 0.457 e. The Bertz CT molecular complexity index is 1370. The number of thiophene rings is 1. The predicted octanol–water partition coefficient (Wildman–Crippen LogP) is 7.86. The predicted molar refractivity (Wildman–Crippen MR) is 152 cm³/mol. The summed E-state index contributed by atoms with van der Waals surface area (Å²) >= 11 is 19.0. The van der Waals surface area contributed by atoms with E-state index in [4.69, 9.17) is 39.8 Å². The van der Waals surface area contributed by atoms with Crippen molar-refractivity contribution in [2.75, 3.05) is 5.32 Å². The van der Waals surface area contributed by atoms with E-state index >= 15 is 0 Å². The Morgan fingerprint density at radius 2 is 1.97 bits per heavy atom. The lowest BCUT2D eigenvalue weighted by Crippen LogP contribution is -2.32. The van der Waals surface area contributed by atoms with Gasteiger partial charge in [-0.2, -0.15) is 5.26 Å². The molecule has 1 aromatic carbocycles. The van der Waals surface area contributed by atoms with Gasteiger partial charge in [0.05, 0.1) is 5.56 Å². The summed E-state index contributed by atoms with van der Waals surface area (Å²) in [6.45, 7) is 6.78. The first kappa shape index (κ1) is 26.4. The van der Waals surface area contributed by atoms with Crippen LogP contribution in [0.15, 0.2) is 40.8 Å². The highest BCUT2D eigenvalue weighted by atomic mass is 35.5. The molecule has 5 nitrogen and oxygen atoms in total. The Labute approximate surface area is 230 Å². The van der Waals surface area contributed by atoms with Gasteiger partial charge in [-0.3, -0.25) is 10.1 Å². The number of furan rings is 1. The van der Waals surface area contributed by atoms with Crippen LogP contribution in [0.2, 0.25) is 10.0 Å². The van der Waals surface area contributed by atoms with Gasteiger partial charge in [0.1, 0.15) is 22.6 Å². The third-order valence-electron chi connectivity index (χ3n) is 6.24. The van der Waals surface area contributed by atoms with E-state index in [-0.39, 0.29) is 10.5 Å². The molecule has 36 heavy (non-hydrogen) atoms. The van der Waals surface area contributed by atoms with E-state index in [9.17, 15) is 10.1 Å². The number of carbonyl (C=O) groups excluding carboxylic acids is 1. The van der Waals surface area contributed by atoms with Crippen LogP contribution in [0.4, 0.5) is 5.00 Å². The molecule has 0 saturated heterocycles. The number of anilines is 1. The van der Waals surface area contributed by atoms with Gasteiger partial charge >= 0.3 is 0 Å². The topological polar surface area (TPSA) is 78.1 Å². The summed E-state index contributed by atoms with van der Waals surface area (Å²) in [7, 11) is 0. The van der Waals surface area contributed by atoms with Gasteiger partial charge in [0, 0.05) is 26.6 Å². The summed E-state index contributed by atoms with van der Waals surface area (Å²) in [6, 6.07) is 11.0. The zero-order chi connectivity index (χ0) is 26.0. The molecule has 0 aliphatic heterocycles. The molecule has 0 spiro atoms. The minimum Gasteiger partial charge on any atom is -0.457 e. The van der Waals surface area contributed by atoms with E-state index in [1.807, 2.05) is 0 Å². The SMILES string of the molecule is CC(C)(C)[C@H]1CCc2c(sc(NC(=S)NC(=O)/C=C/c3ccc(-c4cc(Cl)cc(Cl)c4)o3)c2C#N)C1. The lowest BCUT2D eigenvalue weighted by atomic mass is 9.72. The van der Waals surface area contributed by atoms with Crippen molar-refractivity contribution in [3.8, 4) is 17.4 Å². The van der Waals surface area contributed by atoms with E-state index in [0.717, 1.165) is 30.4 Å². The Kier molecular flexibility index (Phi) is 7.91. The molecule has 0 bridgehead atoms. The number of nitrogens with one attached hydrogen (secondary N) is 2. The van der Waals surface area contributed by atoms with Crippen LogP contribution in [0.3, 0.4) is 0 Å². The molecule has 186 valence electrons. The molecule has 1 amide bonds. The van der Waals surface area contributed by atoms with E-state index in [2.05, 4.69) is 37.5 Å². The zero-order valence-electron chi connectivity index (χ0n) is 20.1. The molecule has 0 radical (unpaired) electrons. The molecule has 1 aliphatic rings. The Morgan fingerprint density at radius 3 is 2.64 bits per heavy atom.